The zero-order valence-electron chi connectivity index (χ0n) is 14.5. The van der Waals surface area contributed by atoms with Crippen LogP contribution in [0.1, 0.15) is 44.9 Å². The molecule has 26 heavy (non-hydrogen) atoms. The second kappa shape index (κ2) is 8.16. The predicted octanol–water partition coefficient (Wildman–Crippen LogP) is 2.98. The first-order valence-electron chi connectivity index (χ1n) is 8.95. The summed E-state index contributed by atoms with van der Waals surface area (Å²) >= 11 is 0. The lowest BCUT2D eigenvalue weighted by atomic mass is 9.98. The molecule has 1 fully saturated rings. The number of carbonyl (C=O) groups excluding carboxylic acids is 2. The van der Waals surface area contributed by atoms with Crippen molar-refractivity contribution in [3.8, 4) is 5.75 Å². The first kappa shape index (κ1) is 18.2. The van der Waals surface area contributed by atoms with Crippen molar-refractivity contribution in [3.05, 3.63) is 28.3 Å². The fourth-order valence-corrected chi connectivity index (χ4v) is 3.37. The summed E-state index contributed by atoms with van der Waals surface area (Å²) in [5.41, 5.74) is 0.0606. The monoisotopic (exact) mass is 362 g/mol. The van der Waals surface area contributed by atoms with E-state index >= 15 is 0 Å². The van der Waals surface area contributed by atoms with Crippen molar-refractivity contribution in [3.63, 3.8) is 0 Å². The van der Waals surface area contributed by atoms with Crippen LogP contribution in [-0.2, 0) is 14.3 Å². The average molecular weight is 362 g/mol. The highest BCUT2D eigenvalue weighted by Crippen LogP contribution is 2.35. The summed E-state index contributed by atoms with van der Waals surface area (Å²) < 4.78 is 10.9. The third-order valence-electron chi connectivity index (χ3n) is 4.73. The minimum absolute atomic E-state index is 0.122. The number of amides is 1. The maximum absolute atomic E-state index is 12.4. The van der Waals surface area contributed by atoms with Gasteiger partial charge in [0.1, 0.15) is 18.4 Å². The van der Waals surface area contributed by atoms with Crippen LogP contribution in [0, 0.1) is 10.1 Å². The van der Waals surface area contributed by atoms with Gasteiger partial charge in [0.15, 0.2) is 6.61 Å². The van der Waals surface area contributed by atoms with Crippen LogP contribution >= 0.6 is 0 Å². The lowest BCUT2D eigenvalue weighted by Crippen LogP contribution is -2.43. The molecule has 0 unspecified atom stereocenters. The molecule has 8 heteroatoms. The molecule has 1 aliphatic heterocycles. The van der Waals surface area contributed by atoms with Gasteiger partial charge in [-0.15, -0.1) is 0 Å². The Labute approximate surface area is 151 Å². The quantitative estimate of drug-likeness (QED) is 0.464. The SMILES string of the molecule is O=C(CN1C(=O)COc2ccc([N+](=O)[O-])cc21)OC1CCCCCCC1. The number of rotatable bonds is 4. The van der Waals surface area contributed by atoms with Crippen LogP contribution in [0.3, 0.4) is 0 Å². The van der Waals surface area contributed by atoms with E-state index in [2.05, 4.69) is 0 Å². The van der Waals surface area contributed by atoms with Crippen molar-refractivity contribution in [2.75, 3.05) is 18.1 Å². The Bertz CT molecular complexity index is 697. The van der Waals surface area contributed by atoms with E-state index in [9.17, 15) is 19.7 Å². The van der Waals surface area contributed by atoms with Crippen LogP contribution in [0.15, 0.2) is 18.2 Å². The summed E-state index contributed by atoms with van der Waals surface area (Å²) in [5.74, 6) is -0.579. The Morgan fingerprint density at radius 1 is 1.23 bits per heavy atom. The van der Waals surface area contributed by atoms with Crippen LogP contribution in [-0.4, -0.2) is 36.1 Å². The molecule has 8 nitrogen and oxygen atoms in total. The molecule has 140 valence electrons. The van der Waals surface area contributed by atoms with Gasteiger partial charge in [0, 0.05) is 12.1 Å². The van der Waals surface area contributed by atoms with E-state index in [1.54, 1.807) is 0 Å². The van der Waals surface area contributed by atoms with Crippen LogP contribution in [0.5, 0.6) is 5.75 Å². The average Bonchev–Trinajstić information content (AvgIpc) is 2.59. The Morgan fingerprint density at radius 2 is 1.92 bits per heavy atom. The van der Waals surface area contributed by atoms with Gasteiger partial charge in [0.2, 0.25) is 0 Å². The first-order chi connectivity index (χ1) is 12.5. The van der Waals surface area contributed by atoms with Crippen LogP contribution in [0.4, 0.5) is 11.4 Å². The molecule has 3 rings (SSSR count). The predicted molar refractivity (Wildman–Crippen MR) is 93.1 cm³/mol. The fourth-order valence-electron chi connectivity index (χ4n) is 3.37. The number of non-ortho nitro benzene ring substituents is 1. The van der Waals surface area contributed by atoms with E-state index in [1.807, 2.05) is 0 Å². The number of ether oxygens (including phenoxy) is 2. The Kier molecular flexibility index (Phi) is 5.70. The van der Waals surface area contributed by atoms with Gasteiger partial charge in [-0.1, -0.05) is 19.3 Å². The number of benzene rings is 1. The fraction of sp³-hybridized carbons (Fsp3) is 0.556. The zero-order valence-corrected chi connectivity index (χ0v) is 14.5. The van der Waals surface area contributed by atoms with E-state index in [1.165, 1.54) is 29.5 Å². The number of anilines is 1. The molecule has 0 bridgehead atoms. The minimum atomic E-state index is -0.551. The summed E-state index contributed by atoms with van der Waals surface area (Å²) in [7, 11) is 0. The van der Waals surface area contributed by atoms with E-state index in [-0.39, 0.29) is 30.6 Å². The molecule has 0 spiro atoms. The van der Waals surface area contributed by atoms with Crippen molar-refractivity contribution in [2.24, 2.45) is 0 Å². The summed E-state index contributed by atoms with van der Waals surface area (Å²) in [6.07, 6.45) is 7.13. The lowest BCUT2D eigenvalue weighted by molar-refractivity contribution is -0.384. The molecule has 2 aliphatic rings. The summed E-state index contributed by atoms with van der Waals surface area (Å²) in [6, 6.07) is 3.99. The highest BCUT2D eigenvalue weighted by molar-refractivity contribution is 6.01. The summed E-state index contributed by atoms with van der Waals surface area (Å²) in [5, 5.41) is 11.0. The maximum atomic E-state index is 12.4. The van der Waals surface area contributed by atoms with Gasteiger partial charge in [-0.2, -0.15) is 0 Å². The number of nitro groups is 1. The number of esters is 1. The van der Waals surface area contributed by atoms with E-state index in [4.69, 9.17) is 9.47 Å². The number of hydrogen-bond acceptors (Lipinski definition) is 6. The molecule has 1 heterocycles. The second-order valence-electron chi connectivity index (χ2n) is 6.63. The summed E-state index contributed by atoms with van der Waals surface area (Å²) in [6.45, 7) is -0.478. The lowest BCUT2D eigenvalue weighted by Gasteiger charge is -2.29. The molecule has 1 saturated carbocycles. The normalized spacial score (nSPS) is 18.3. The molecule has 0 aromatic heterocycles. The molecule has 0 saturated heterocycles. The topological polar surface area (TPSA) is 99.0 Å². The molecule has 1 amide bonds. The maximum Gasteiger partial charge on any atom is 0.326 e. The number of fused-ring (bicyclic) bond motifs is 1. The van der Waals surface area contributed by atoms with Crippen molar-refractivity contribution >= 4 is 23.3 Å². The third kappa shape index (κ3) is 4.30. The highest BCUT2D eigenvalue weighted by atomic mass is 16.6. The van der Waals surface area contributed by atoms with Gasteiger partial charge in [-0.25, -0.2) is 0 Å². The second-order valence-corrected chi connectivity index (χ2v) is 6.63. The Hall–Kier alpha value is -2.64. The smallest absolute Gasteiger partial charge is 0.326 e. The molecule has 1 aromatic carbocycles. The molecule has 0 radical (unpaired) electrons. The zero-order chi connectivity index (χ0) is 18.5. The molecule has 0 atom stereocenters. The first-order valence-corrected chi connectivity index (χ1v) is 8.95. The van der Waals surface area contributed by atoms with Crippen molar-refractivity contribution in [2.45, 2.75) is 51.0 Å². The molecule has 1 aromatic rings. The van der Waals surface area contributed by atoms with Gasteiger partial charge >= 0.3 is 5.97 Å². The third-order valence-corrected chi connectivity index (χ3v) is 4.73. The Balaban J connectivity index is 1.70. The van der Waals surface area contributed by atoms with Crippen molar-refractivity contribution < 1.29 is 24.0 Å². The van der Waals surface area contributed by atoms with Gasteiger partial charge in [0.25, 0.3) is 11.6 Å². The van der Waals surface area contributed by atoms with Gasteiger partial charge in [0.05, 0.1) is 10.6 Å². The van der Waals surface area contributed by atoms with E-state index in [0.717, 1.165) is 38.5 Å². The minimum Gasteiger partial charge on any atom is -0.482 e. The van der Waals surface area contributed by atoms with Gasteiger partial charge in [-0.05, 0) is 31.7 Å². The van der Waals surface area contributed by atoms with E-state index in [0.29, 0.717) is 5.75 Å². The van der Waals surface area contributed by atoms with Gasteiger partial charge < -0.3 is 9.47 Å². The van der Waals surface area contributed by atoms with Gasteiger partial charge in [-0.3, -0.25) is 24.6 Å². The molecular weight excluding hydrogens is 340 g/mol. The standard InChI is InChI=1S/C18H22N2O6/c21-17-12-25-16-9-8-13(20(23)24)10-15(16)19(17)11-18(22)26-14-6-4-2-1-3-5-7-14/h8-10,14H,1-7,11-12H2. The Morgan fingerprint density at radius 3 is 2.62 bits per heavy atom. The highest BCUT2D eigenvalue weighted by Gasteiger charge is 2.30. The summed E-state index contributed by atoms with van der Waals surface area (Å²) in [4.78, 5) is 36.2. The number of carbonyl (C=O) groups is 2. The van der Waals surface area contributed by atoms with Crippen LogP contribution < -0.4 is 9.64 Å². The van der Waals surface area contributed by atoms with Crippen LogP contribution in [0.25, 0.3) is 0 Å². The van der Waals surface area contributed by atoms with Crippen molar-refractivity contribution in [1.29, 1.82) is 0 Å². The number of hydrogen-bond donors (Lipinski definition) is 0. The van der Waals surface area contributed by atoms with E-state index < -0.39 is 16.8 Å². The largest absolute Gasteiger partial charge is 0.482 e. The molecule has 0 N–H and O–H groups in total. The van der Waals surface area contributed by atoms with Crippen molar-refractivity contribution in [1.82, 2.24) is 0 Å². The van der Waals surface area contributed by atoms with Crippen LogP contribution in [0.2, 0.25) is 0 Å². The molecular formula is C18H22N2O6. The number of nitro benzene ring substituents is 1. The molecule has 1 aliphatic carbocycles. The number of nitrogens with zero attached hydrogens (tertiary/aromatic N) is 2.